The molecule has 1 aliphatic rings. The summed E-state index contributed by atoms with van der Waals surface area (Å²) >= 11 is 0. The fourth-order valence-corrected chi connectivity index (χ4v) is 2.90. The van der Waals surface area contributed by atoms with Crippen LogP contribution in [0.4, 0.5) is 0 Å². The molecule has 2 rings (SSSR count). The Balaban J connectivity index is 2.03. The monoisotopic (exact) mass is 260 g/mol. The van der Waals surface area contributed by atoms with Gasteiger partial charge in [-0.3, -0.25) is 4.79 Å². The predicted octanol–water partition coefficient (Wildman–Crippen LogP) is 4.34. The second kappa shape index (κ2) is 6.23. The molecule has 1 aromatic rings. The summed E-state index contributed by atoms with van der Waals surface area (Å²) in [7, 11) is 0. The Labute approximate surface area is 116 Å². The molecule has 2 nitrogen and oxygen atoms in total. The number of carbonyl (C=O) groups excluding carboxylic acids is 1. The van der Waals surface area contributed by atoms with Crippen LogP contribution >= 0.6 is 0 Å². The van der Waals surface area contributed by atoms with E-state index in [1.807, 2.05) is 31.2 Å². The smallest absolute Gasteiger partial charge is 0.165 e. The van der Waals surface area contributed by atoms with Crippen LogP contribution in [0.5, 0.6) is 5.75 Å². The summed E-state index contributed by atoms with van der Waals surface area (Å²) < 4.78 is 5.41. The molecule has 3 atom stereocenters. The van der Waals surface area contributed by atoms with Crippen molar-refractivity contribution in [1.29, 1.82) is 0 Å². The lowest BCUT2D eigenvalue weighted by atomic mass is 9.73. The molecule has 1 aromatic carbocycles. The lowest BCUT2D eigenvalue weighted by molar-refractivity contribution is 0.0837. The SMILES string of the molecule is CCOc1ccc(C(=O)C2CCC(C)C(C)C2)cc1. The Morgan fingerprint density at radius 3 is 2.42 bits per heavy atom. The van der Waals surface area contributed by atoms with Crippen LogP contribution in [0.1, 0.15) is 50.4 Å². The maximum atomic E-state index is 12.5. The fraction of sp³-hybridized carbons (Fsp3) is 0.588. The van der Waals surface area contributed by atoms with Gasteiger partial charge in [-0.2, -0.15) is 0 Å². The van der Waals surface area contributed by atoms with Gasteiger partial charge in [0.25, 0.3) is 0 Å². The van der Waals surface area contributed by atoms with Crippen LogP contribution in [0.3, 0.4) is 0 Å². The zero-order valence-corrected chi connectivity index (χ0v) is 12.2. The molecule has 19 heavy (non-hydrogen) atoms. The topological polar surface area (TPSA) is 26.3 Å². The van der Waals surface area contributed by atoms with E-state index in [2.05, 4.69) is 13.8 Å². The molecular formula is C17H24O2. The predicted molar refractivity (Wildman–Crippen MR) is 77.6 cm³/mol. The second-order valence-corrected chi connectivity index (χ2v) is 5.79. The zero-order chi connectivity index (χ0) is 13.8. The van der Waals surface area contributed by atoms with Gasteiger partial charge in [0.1, 0.15) is 5.75 Å². The fourth-order valence-electron chi connectivity index (χ4n) is 2.90. The van der Waals surface area contributed by atoms with Crippen LogP contribution in [0.2, 0.25) is 0 Å². The molecule has 3 unspecified atom stereocenters. The minimum Gasteiger partial charge on any atom is -0.494 e. The molecule has 0 bridgehead atoms. The highest BCUT2D eigenvalue weighted by Gasteiger charge is 2.29. The van der Waals surface area contributed by atoms with E-state index in [0.717, 1.165) is 30.1 Å². The summed E-state index contributed by atoms with van der Waals surface area (Å²) in [4.78, 5) is 12.5. The van der Waals surface area contributed by atoms with E-state index in [4.69, 9.17) is 4.74 Å². The van der Waals surface area contributed by atoms with Crippen molar-refractivity contribution in [2.75, 3.05) is 6.61 Å². The van der Waals surface area contributed by atoms with Crippen molar-refractivity contribution in [2.45, 2.75) is 40.0 Å². The first-order valence-electron chi connectivity index (χ1n) is 7.39. The van der Waals surface area contributed by atoms with Gasteiger partial charge < -0.3 is 4.74 Å². The summed E-state index contributed by atoms with van der Waals surface area (Å²) in [6.45, 7) is 7.18. The third kappa shape index (κ3) is 3.37. The highest BCUT2D eigenvalue weighted by Crippen LogP contribution is 2.35. The molecule has 0 aliphatic heterocycles. The largest absolute Gasteiger partial charge is 0.494 e. The van der Waals surface area contributed by atoms with Crippen molar-refractivity contribution in [1.82, 2.24) is 0 Å². The van der Waals surface area contributed by atoms with Gasteiger partial charge in [-0.05, 0) is 62.3 Å². The van der Waals surface area contributed by atoms with Crippen molar-refractivity contribution in [3.63, 3.8) is 0 Å². The van der Waals surface area contributed by atoms with E-state index >= 15 is 0 Å². The first kappa shape index (κ1) is 14.1. The summed E-state index contributed by atoms with van der Waals surface area (Å²) in [5.41, 5.74) is 0.829. The molecule has 0 saturated heterocycles. The van der Waals surface area contributed by atoms with Crippen molar-refractivity contribution in [3.8, 4) is 5.75 Å². The molecule has 2 heteroatoms. The van der Waals surface area contributed by atoms with E-state index in [9.17, 15) is 4.79 Å². The molecule has 0 heterocycles. The van der Waals surface area contributed by atoms with Crippen LogP contribution in [-0.4, -0.2) is 12.4 Å². The van der Waals surface area contributed by atoms with Crippen LogP contribution in [-0.2, 0) is 0 Å². The van der Waals surface area contributed by atoms with Gasteiger partial charge >= 0.3 is 0 Å². The van der Waals surface area contributed by atoms with Gasteiger partial charge in [-0.1, -0.05) is 13.8 Å². The van der Waals surface area contributed by atoms with Gasteiger partial charge in [0.2, 0.25) is 0 Å². The average Bonchev–Trinajstić information content (AvgIpc) is 2.42. The molecule has 1 saturated carbocycles. The number of Topliss-reactive ketones (excluding diaryl/α,β-unsaturated/α-hetero) is 1. The highest BCUT2D eigenvalue weighted by molar-refractivity contribution is 5.98. The Kier molecular flexibility index (Phi) is 4.62. The molecule has 104 valence electrons. The van der Waals surface area contributed by atoms with Crippen LogP contribution < -0.4 is 4.74 Å². The van der Waals surface area contributed by atoms with Gasteiger partial charge in [0.15, 0.2) is 5.78 Å². The van der Waals surface area contributed by atoms with Crippen LogP contribution in [0.15, 0.2) is 24.3 Å². The summed E-state index contributed by atoms with van der Waals surface area (Å²) in [6.07, 6.45) is 3.25. The number of ether oxygens (including phenoxy) is 1. The lowest BCUT2D eigenvalue weighted by Crippen LogP contribution is -2.26. The molecule has 0 amide bonds. The first-order valence-corrected chi connectivity index (χ1v) is 7.39. The van der Waals surface area contributed by atoms with Gasteiger partial charge in [-0.25, -0.2) is 0 Å². The molecule has 1 aliphatic carbocycles. The van der Waals surface area contributed by atoms with Gasteiger partial charge in [0, 0.05) is 11.5 Å². The third-order valence-corrected chi connectivity index (χ3v) is 4.42. The molecule has 0 N–H and O–H groups in total. The lowest BCUT2D eigenvalue weighted by Gasteiger charge is -2.31. The number of ketones is 1. The normalized spacial score (nSPS) is 27.0. The highest BCUT2D eigenvalue weighted by atomic mass is 16.5. The minimum absolute atomic E-state index is 0.212. The number of hydrogen-bond donors (Lipinski definition) is 0. The minimum atomic E-state index is 0.212. The average molecular weight is 260 g/mol. The quantitative estimate of drug-likeness (QED) is 0.753. The number of hydrogen-bond acceptors (Lipinski definition) is 2. The maximum Gasteiger partial charge on any atom is 0.165 e. The number of rotatable bonds is 4. The van der Waals surface area contributed by atoms with Crippen molar-refractivity contribution in [2.24, 2.45) is 17.8 Å². The molecule has 0 spiro atoms. The third-order valence-electron chi connectivity index (χ3n) is 4.42. The Morgan fingerprint density at radius 2 is 1.84 bits per heavy atom. The standard InChI is InChI=1S/C17H24O2/c1-4-19-16-9-7-14(8-10-16)17(18)15-6-5-12(2)13(3)11-15/h7-10,12-13,15H,4-6,11H2,1-3H3. The van der Waals surface area contributed by atoms with Crippen molar-refractivity contribution >= 4 is 5.78 Å². The summed E-state index contributed by atoms with van der Waals surface area (Å²) in [6, 6.07) is 7.59. The molecular weight excluding hydrogens is 236 g/mol. The van der Waals surface area contributed by atoms with Crippen molar-refractivity contribution < 1.29 is 9.53 Å². The van der Waals surface area contributed by atoms with E-state index in [1.165, 1.54) is 6.42 Å². The van der Waals surface area contributed by atoms with E-state index in [0.29, 0.717) is 18.3 Å². The van der Waals surface area contributed by atoms with Crippen molar-refractivity contribution in [3.05, 3.63) is 29.8 Å². The summed E-state index contributed by atoms with van der Waals surface area (Å²) in [5, 5.41) is 0. The van der Waals surface area contributed by atoms with E-state index < -0.39 is 0 Å². The van der Waals surface area contributed by atoms with E-state index in [-0.39, 0.29) is 5.92 Å². The number of carbonyl (C=O) groups is 1. The first-order chi connectivity index (χ1) is 9.11. The molecule has 0 aromatic heterocycles. The van der Waals surface area contributed by atoms with Crippen LogP contribution in [0.25, 0.3) is 0 Å². The van der Waals surface area contributed by atoms with Gasteiger partial charge in [-0.15, -0.1) is 0 Å². The Hall–Kier alpha value is -1.31. The number of benzene rings is 1. The molecule has 0 radical (unpaired) electrons. The molecule has 1 fully saturated rings. The van der Waals surface area contributed by atoms with Crippen LogP contribution in [0, 0.1) is 17.8 Å². The summed E-state index contributed by atoms with van der Waals surface area (Å²) in [5.74, 6) is 2.77. The Bertz CT molecular complexity index is 421. The van der Waals surface area contributed by atoms with E-state index in [1.54, 1.807) is 0 Å². The van der Waals surface area contributed by atoms with Gasteiger partial charge in [0.05, 0.1) is 6.61 Å². The second-order valence-electron chi connectivity index (χ2n) is 5.79. The maximum absolute atomic E-state index is 12.5. The Morgan fingerprint density at radius 1 is 1.16 bits per heavy atom. The zero-order valence-electron chi connectivity index (χ0n) is 12.2.